The van der Waals surface area contributed by atoms with Crippen LogP contribution in [0.15, 0.2) is 67.0 Å². The second-order valence-corrected chi connectivity index (χ2v) is 8.89. The lowest BCUT2D eigenvalue weighted by molar-refractivity contribution is 0.450. The molecule has 0 bridgehead atoms. The first kappa shape index (κ1) is 22.8. The molecule has 0 saturated carbocycles. The van der Waals surface area contributed by atoms with Crippen LogP contribution in [-0.2, 0) is 13.0 Å². The first-order valence-electron chi connectivity index (χ1n) is 11.9. The van der Waals surface area contributed by atoms with Crippen LogP contribution in [0.5, 0.6) is 0 Å². The Bertz CT molecular complexity index is 1370. The highest BCUT2D eigenvalue weighted by molar-refractivity contribution is 5.81. The molecular weight excluding hydrogens is 439 g/mol. The van der Waals surface area contributed by atoms with Gasteiger partial charge < -0.3 is 10.2 Å². The minimum atomic E-state index is -0.267. The van der Waals surface area contributed by atoms with Gasteiger partial charge in [-0.1, -0.05) is 29.8 Å². The summed E-state index contributed by atoms with van der Waals surface area (Å²) < 4.78 is 15.9. The number of allylic oxidation sites excluding steroid dienone is 1. The Morgan fingerprint density at radius 3 is 2.69 bits per heavy atom. The number of anilines is 1. The van der Waals surface area contributed by atoms with E-state index in [2.05, 4.69) is 64.2 Å². The standard InChI is InChI=1S/C28H29FN6/c1-4-30-28-31-15-14-24(32-28)27-26(21-8-10-22(29)11-9-21)33-25-13-12-23(35(25)27)18-34(3)17-20-7-5-6-19(2)16-20/h5-11,14-16,18H,4,12-13,17H2,1-3H3,(H,30,31,32)/b23-18+. The van der Waals surface area contributed by atoms with Crippen LogP contribution in [-0.4, -0.2) is 38.0 Å². The van der Waals surface area contributed by atoms with Gasteiger partial charge in [0.05, 0.1) is 17.1 Å². The Labute approximate surface area is 205 Å². The fourth-order valence-electron chi connectivity index (χ4n) is 4.60. The number of halogens is 1. The highest BCUT2D eigenvalue weighted by Gasteiger charge is 2.28. The molecule has 0 unspecified atom stereocenters. The normalized spacial score (nSPS) is 13.8. The summed E-state index contributed by atoms with van der Waals surface area (Å²) in [4.78, 5) is 16.3. The third-order valence-electron chi connectivity index (χ3n) is 6.07. The third-order valence-corrected chi connectivity index (χ3v) is 6.07. The number of nitrogens with one attached hydrogen (secondary N) is 1. The van der Waals surface area contributed by atoms with Gasteiger partial charge in [-0.25, -0.2) is 19.3 Å². The van der Waals surface area contributed by atoms with Crippen LogP contribution >= 0.6 is 0 Å². The molecule has 1 aliphatic heterocycles. The summed E-state index contributed by atoms with van der Waals surface area (Å²) in [6.07, 6.45) is 5.69. The number of imidazole rings is 1. The molecule has 1 N–H and O–H groups in total. The minimum absolute atomic E-state index is 0.267. The van der Waals surface area contributed by atoms with Crippen molar-refractivity contribution in [3.05, 3.63) is 89.8 Å². The van der Waals surface area contributed by atoms with Crippen molar-refractivity contribution in [1.29, 1.82) is 0 Å². The summed E-state index contributed by atoms with van der Waals surface area (Å²) in [5.41, 5.74) is 7.03. The molecule has 2 aromatic carbocycles. The van der Waals surface area contributed by atoms with E-state index >= 15 is 0 Å². The van der Waals surface area contributed by atoms with Crippen molar-refractivity contribution in [3.63, 3.8) is 0 Å². The number of rotatable bonds is 7. The lowest BCUT2D eigenvalue weighted by Crippen LogP contribution is -2.12. The number of hydrogen-bond donors (Lipinski definition) is 1. The van der Waals surface area contributed by atoms with Gasteiger partial charge in [0, 0.05) is 50.2 Å². The Morgan fingerprint density at radius 1 is 1.09 bits per heavy atom. The smallest absolute Gasteiger partial charge is 0.223 e. The predicted octanol–water partition coefficient (Wildman–Crippen LogP) is 5.76. The number of benzene rings is 2. The summed E-state index contributed by atoms with van der Waals surface area (Å²) >= 11 is 0. The molecule has 35 heavy (non-hydrogen) atoms. The first-order chi connectivity index (χ1) is 17.0. The van der Waals surface area contributed by atoms with E-state index in [4.69, 9.17) is 9.97 Å². The quantitative estimate of drug-likeness (QED) is 0.374. The summed E-state index contributed by atoms with van der Waals surface area (Å²) in [5.74, 6) is 1.29. The monoisotopic (exact) mass is 468 g/mol. The van der Waals surface area contributed by atoms with Gasteiger partial charge in [-0.2, -0.15) is 0 Å². The molecule has 1 aliphatic rings. The lowest BCUT2D eigenvalue weighted by atomic mass is 10.1. The van der Waals surface area contributed by atoms with Gasteiger partial charge in [0.1, 0.15) is 11.6 Å². The Balaban J connectivity index is 1.59. The fraction of sp³-hybridized carbons (Fsp3) is 0.250. The van der Waals surface area contributed by atoms with Gasteiger partial charge in [0.15, 0.2) is 0 Å². The number of nitrogens with zero attached hydrogens (tertiary/aromatic N) is 5. The molecule has 0 radical (unpaired) electrons. The maximum Gasteiger partial charge on any atom is 0.223 e. The van der Waals surface area contributed by atoms with E-state index in [0.717, 1.165) is 60.1 Å². The van der Waals surface area contributed by atoms with Crippen LogP contribution in [0.25, 0.3) is 28.3 Å². The zero-order chi connectivity index (χ0) is 24.4. The van der Waals surface area contributed by atoms with Crippen molar-refractivity contribution < 1.29 is 4.39 Å². The molecular formula is C28H29FN6. The van der Waals surface area contributed by atoms with Crippen LogP contribution in [0.1, 0.15) is 30.3 Å². The van der Waals surface area contributed by atoms with Crippen molar-refractivity contribution in [1.82, 2.24) is 24.4 Å². The molecule has 5 rings (SSSR count). The minimum Gasteiger partial charge on any atom is -0.375 e. The van der Waals surface area contributed by atoms with E-state index < -0.39 is 0 Å². The molecule has 6 nitrogen and oxygen atoms in total. The Hall–Kier alpha value is -4.00. The second-order valence-electron chi connectivity index (χ2n) is 8.89. The van der Waals surface area contributed by atoms with E-state index in [1.165, 1.54) is 23.3 Å². The molecule has 7 heteroatoms. The van der Waals surface area contributed by atoms with E-state index in [-0.39, 0.29) is 5.82 Å². The van der Waals surface area contributed by atoms with Gasteiger partial charge in [-0.15, -0.1) is 0 Å². The van der Waals surface area contributed by atoms with Gasteiger partial charge in [0.25, 0.3) is 0 Å². The average Bonchev–Trinajstić information content (AvgIpc) is 3.40. The molecule has 0 amide bonds. The van der Waals surface area contributed by atoms with Gasteiger partial charge in [0.2, 0.25) is 5.95 Å². The molecule has 2 aromatic heterocycles. The predicted molar refractivity (Wildman–Crippen MR) is 138 cm³/mol. The average molecular weight is 469 g/mol. The largest absolute Gasteiger partial charge is 0.375 e. The molecule has 178 valence electrons. The first-order valence-corrected chi connectivity index (χ1v) is 11.9. The molecule has 4 aromatic rings. The summed E-state index contributed by atoms with van der Waals surface area (Å²) in [5, 5.41) is 3.20. The van der Waals surface area contributed by atoms with E-state index in [1.807, 2.05) is 13.0 Å². The SMILES string of the molecule is CCNc1nccc(-c2c(-c3ccc(F)cc3)nc3n2/C(=C/N(C)Cc2cccc(C)c2)CC3)n1. The van der Waals surface area contributed by atoms with E-state index in [0.29, 0.717) is 5.95 Å². The van der Waals surface area contributed by atoms with E-state index in [1.54, 1.807) is 18.3 Å². The van der Waals surface area contributed by atoms with Crippen molar-refractivity contribution in [2.45, 2.75) is 33.2 Å². The third kappa shape index (κ3) is 4.80. The number of hydrogen-bond acceptors (Lipinski definition) is 5. The molecule has 0 aliphatic carbocycles. The fourth-order valence-corrected chi connectivity index (χ4v) is 4.60. The van der Waals surface area contributed by atoms with Gasteiger partial charge in [-0.3, -0.25) is 4.57 Å². The molecule has 0 saturated heterocycles. The van der Waals surface area contributed by atoms with Crippen LogP contribution < -0.4 is 5.32 Å². The topological polar surface area (TPSA) is 58.9 Å². The maximum absolute atomic E-state index is 13.7. The second kappa shape index (κ2) is 9.70. The van der Waals surface area contributed by atoms with Crippen molar-refractivity contribution in [3.8, 4) is 22.6 Å². The van der Waals surface area contributed by atoms with Crippen molar-refractivity contribution in [2.75, 3.05) is 18.9 Å². The number of aromatic nitrogens is 4. The molecule has 0 fully saturated rings. The van der Waals surface area contributed by atoms with Gasteiger partial charge >= 0.3 is 0 Å². The summed E-state index contributed by atoms with van der Waals surface area (Å²) in [6, 6.07) is 17.0. The van der Waals surface area contributed by atoms with Crippen LogP contribution in [0, 0.1) is 12.7 Å². The Morgan fingerprint density at radius 2 is 1.91 bits per heavy atom. The Kier molecular flexibility index (Phi) is 6.31. The van der Waals surface area contributed by atoms with Crippen LogP contribution in [0.3, 0.4) is 0 Å². The zero-order valence-electron chi connectivity index (χ0n) is 20.3. The maximum atomic E-state index is 13.7. The summed E-state index contributed by atoms with van der Waals surface area (Å²) in [7, 11) is 2.10. The van der Waals surface area contributed by atoms with Crippen LogP contribution in [0.4, 0.5) is 10.3 Å². The zero-order valence-corrected chi connectivity index (χ0v) is 20.3. The van der Waals surface area contributed by atoms with Crippen LogP contribution in [0.2, 0.25) is 0 Å². The van der Waals surface area contributed by atoms with E-state index in [9.17, 15) is 4.39 Å². The number of fused-ring (bicyclic) bond motifs is 1. The van der Waals surface area contributed by atoms with Gasteiger partial charge in [-0.05, 0) is 56.2 Å². The highest BCUT2D eigenvalue weighted by atomic mass is 19.1. The number of aryl methyl sites for hydroxylation is 2. The van der Waals surface area contributed by atoms with Crippen molar-refractivity contribution >= 4 is 11.6 Å². The highest BCUT2D eigenvalue weighted by Crippen LogP contribution is 2.39. The van der Waals surface area contributed by atoms with Crippen molar-refractivity contribution in [2.24, 2.45) is 0 Å². The molecule has 0 atom stereocenters. The lowest BCUT2D eigenvalue weighted by Gasteiger charge is -2.18. The molecule has 0 spiro atoms. The summed E-state index contributed by atoms with van der Waals surface area (Å²) in [6.45, 7) is 5.67. The molecule has 3 heterocycles.